The lowest BCUT2D eigenvalue weighted by atomic mass is 9.94. The van der Waals surface area contributed by atoms with E-state index < -0.39 is 12.0 Å². The van der Waals surface area contributed by atoms with Crippen LogP contribution in [0.1, 0.15) is 12.8 Å². The molecule has 0 saturated carbocycles. The molecule has 1 aliphatic carbocycles. The second-order valence-electron chi connectivity index (χ2n) is 2.99. The first-order valence-corrected chi connectivity index (χ1v) is 4.02. The van der Waals surface area contributed by atoms with Crippen molar-refractivity contribution in [3.8, 4) is 0 Å². The maximum atomic E-state index is 10.4. The minimum atomic E-state index is -0.919. The van der Waals surface area contributed by atoms with Gasteiger partial charge in [0.25, 0.3) is 0 Å². The molecule has 0 fully saturated rings. The summed E-state index contributed by atoms with van der Waals surface area (Å²) in [6.45, 7) is 0. The molecule has 0 aromatic carbocycles. The van der Waals surface area contributed by atoms with Gasteiger partial charge in [0.2, 0.25) is 0 Å². The zero-order valence-electron chi connectivity index (χ0n) is 6.81. The zero-order chi connectivity index (χ0) is 8.97. The Bertz CT molecular complexity index is 221. The van der Waals surface area contributed by atoms with Gasteiger partial charge in [-0.25, -0.2) is 0 Å². The van der Waals surface area contributed by atoms with E-state index in [0.717, 1.165) is 6.42 Å². The molecule has 0 aromatic rings. The van der Waals surface area contributed by atoms with Crippen LogP contribution < -0.4 is 5.73 Å². The van der Waals surface area contributed by atoms with Crippen molar-refractivity contribution in [2.75, 3.05) is 0 Å². The number of aliphatic carboxylic acids is 1. The highest BCUT2D eigenvalue weighted by Crippen LogP contribution is 2.16. The van der Waals surface area contributed by atoms with E-state index in [0.29, 0.717) is 12.3 Å². The van der Waals surface area contributed by atoms with E-state index in [1.54, 1.807) is 0 Å². The predicted octanol–water partition coefficient (Wildman–Crippen LogP) is 0.921. The molecule has 1 aliphatic rings. The summed E-state index contributed by atoms with van der Waals surface area (Å²) >= 11 is 0. The van der Waals surface area contributed by atoms with Crippen molar-refractivity contribution in [2.45, 2.75) is 18.9 Å². The topological polar surface area (TPSA) is 63.3 Å². The Morgan fingerprint density at radius 2 is 2.42 bits per heavy atom. The summed E-state index contributed by atoms with van der Waals surface area (Å²) in [5, 5.41) is 8.55. The molecule has 66 valence electrons. The lowest BCUT2D eigenvalue weighted by Gasteiger charge is -2.14. The second-order valence-corrected chi connectivity index (χ2v) is 2.99. The highest BCUT2D eigenvalue weighted by atomic mass is 16.4. The normalized spacial score (nSPS) is 23.9. The molecule has 3 heteroatoms. The first kappa shape index (κ1) is 9.00. The summed E-state index contributed by atoms with van der Waals surface area (Å²) < 4.78 is 0. The number of carboxylic acid groups (broad SMARTS) is 1. The third-order valence-corrected chi connectivity index (χ3v) is 1.94. The van der Waals surface area contributed by atoms with Gasteiger partial charge in [-0.1, -0.05) is 24.3 Å². The fourth-order valence-electron chi connectivity index (χ4n) is 1.23. The Morgan fingerprint density at radius 1 is 1.67 bits per heavy atom. The zero-order valence-corrected chi connectivity index (χ0v) is 6.81. The van der Waals surface area contributed by atoms with E-state index in [-0.39, 0.29) is 0 Å². The monoisotopic (exact) mass is 167 g/mol. The van der Waals surface area contributed by atoms with Crippen molar-refractivity contribution < 1.29 is 9.90 Å². The average molecular weight is 167 g/mol. The summed E-state index contributed by atoms with van der Waals surface area (Å²) in [5.41, 5.74) is 5.39. The summed E-state index contributed by atoms with van der Waals surface area (Å²) in [5.74, 6) is -0.626. The minimum Gasteiger partial charge on any atom is -0.480 e. The lowest BCUT2D eigenvalue weighted by molar-refractivity contribution is -0.138. The van der Waals surface area contributed by atoms with Crippen molar-refractivity contribution in [3.63, 3.8) is 0 Å². The maximum Gasteiger partial charge on any atom is 0.320 e. The second kappa shape index (κ2) is 4.07. The van der Waals surface area contributed by atoms with Crippen LogP contribution in [0.25, 0.3) is 0 Å². The van der Waals surface area contributed by atoms with Crippen LogP contribution in [-0.4, -0.2) is 17.1 Å². The van der Waals surface area contributed by atoms with Crippen molar-refractivity contribution in [1.82, 2.24) is 0 Å². The molecule has 0 saturated heterocycles. The van der Waals surface area contributed by atoms with Crippen molar-refractivity contribution in [2.24, 2.45) is 11.7 Å². The highest BCUT2D eigenvalue weighted by molar-refractivity contribution is 5.73. The molecular weight excluding hydrogens is 154 g/mol. The van der Waals surface area contributed by atoms with E-state index >= 15 is 0 Å². The number of hydrogen-bond acceptors (Lipinski definition) is 2. The lowest BCUT2D eigenvalue weighted by Crippen LogP contribution is -2.32. The first-order valence-electron chi connectivity index (χ1n) is 4.02. The largest absolute Gasteiger partial charge is 0.480 e. The number of nitrogens with two attached hydrogens (primary N) is 1. The SMILES string of the molecule is NC(CC1C=CC=CC1)C(=O)O. The molecule has 0 amide bonds. The molecule has 0 spiro atoms. The van der Waals surface area contributed by atoms with Crippen LogP contribution in [-0.2, 0) is 4.79 Å². The van der Waals surface area contributed by atoms with Crippen LogP contribution in [0.5, 0.6) is 0 Å². The Balaban J connectivity index is 2.36. The number of allylic oxidation sites excluding steroid dienone is 4. The third-order valence-electron chi connectivity index (χ3n) is 1.94. The third kappa shape index (κ3) is 2.51. The molecule has 3 nitrogen and oxygen atoms in total. The Kier molecular flexibility index (Phi) is 3.05. The van der Waals surface area contributed by atoms with Crippen LogP contribution in [0, 0.1) is 5.92 Å². The summed E-state index contributed by atoms with van der Waals surface area (Å²) in [7, 11) is 0. The van der Waals surface area contributed by atoms with Crippen LogP contribution in [0.4, 0.5) is 0 Å². The van der Waals surface area contributed by atoms with Crippen molar-refractivity contribution >= 4 is 5.97 Å². The molecule has 0 aromatic heterocycles. The highest BCUT2D eigenvalue weighted by Gasteiger charge is 2.16. The van der Waals surface area contributed by atoms with Crippen LogP contribution >= 0.6 is 0 Å². The molecular formula is C9H13NO2. The van der Waals surface area contributed by atoms with Gasteiger partial charge in [0.05, 0.1) is 0 Å². The van der Waals surface area contributed by atoms with Gasteiger partial charge in [-0.15, -0.1) is 0 Å². The molecule has 1 rings (SSSR count). The van der Waals surface area contributed by atoms with Gasteiger partial charge in [0.15, 0.2) is 0 Å². The van der Waals surface area contributed by atoms with Crippen molar-refractivity contribution in [1.29, 1.82) is 0 Å². The molecule has 0 aliphatic heterocycles. The van der Waals surface area contributed by atoms with E-state index in [1.165, 1.54) is 0 Å². The fraction of sp³-hybridized carbons (Fsp3) is 0.444. The molecule has 3 N–H and O–H groups in total. The number of hydrogen-bond donors (Lipinski definition) is 2. The minimum absolute atomic E-state index is 0.293. The van der Waals surface area contributed by atoms with Gasteiger partial charge in [0.1, 0.15) is 6.04 Å². The molecule has 0 heterocycles. The Morgan fingerprint density at radius 3 is 2.92 bits per heavy atom. The average Bonchev–Trinajstić information content (AvgIpc) is 2.06. The number of carboxylic acids is 1. The standard InChI is InChI=1S/C9H13NO2/c10-8(9(11)12)6-7-4-2-1-3-5-7/h1-4,7-8H,5-6,10H2,(H,11,12). The Labute approximate surface area is 71.6 Å². The molecule has 12 heavy (non-hydrogen) atoms. The van der Waals surface area contributed by atoms with E-state index in [4.69, 9.17) is 10.8 Å². The molecule has 0 bridgehead atoms. The maximum absolute atomic E-state index is 10.4. The molecule has 2 unspecified atom stereocenters. The quantitative estimate of drug-likeness (QED) is 0.657. The smallest absolute Gasteiger partial charge is 0.320 e. The van der Waals surface area contributed by atoms with Crippen molar-refractivity contribution in [3.05, 3.63) is 24.3 Å². The van der Waals surface area contributed by atoms with Crippen LogP contribution in [0.15, 0.2) is 24.3 Å². The van der Waals surface area contributed by atoms with E-state index in [1.807, 2.05) is 24.3 Å². The predicted molar refractivity (Wildman–Crippen MR) is 46.6 cm³/mol. The van der Waals surface area contributed by atoms with Gasteiger partial charge >= 0.3 is 5.97 Å². The summed E-state index contributed by atoms with van der Waals surface area (Å²) in [6.07, 6.45) is 9.35. The summed E-state index contributed by atoms with van der Waals surface area (Å²) in [4.78, 5) is 10.4. The molecule has 2 atom stereocenters. The van der Waals surface area contributed by atoms with Gasteiger partial charge in [0, 0.05) is 0 Å². The molecule has 0 radical (unpaired) electrons. The van der Waals surface area contributed by atoms with Gasteiger partial charge in [-0.2, -0.15) is 0 Å². The van der Waals surface area contributed by atoms with E-state index in [9.17, 15) is 4.79 Å². The van der Waals surface area contributed by atoms with Gasteiger partial charge < -0.3 is 10.8 Å². The number of carbonyl (C=O) groups is 1. The van der Waals surface area contributed by atoms with E-state index in [2.05, 4.69) is 0 Å². The van der Waals surface area contributed by atoms with Gasteiger partial charge in [-0.05, 0) is 18.8 Å². The number of rotatable bonds is 3. The fourth-order valence-corrected chi connectivity index (χ4v) is 1.23. The Hall–Kier alpha value is -1.09. The van der Waals surface area contributed by atoms with Gasteiger partial charge in [-0.3, -0.25) is 4.79 Å². The summed E-state index contributed by atoms with van der Waals surface area (Å²) in [6, 6.07) is -0.730. The van der Waals surface area contributed by atoms with Crippen LogP contribution in [0.2, 0.25) is 0 Å². The first-order chi connectivity index (χ1) is 5.70. The van der Waals surface area contributed by atoms with Crippen LogP contribution in [0.3, 0.4) is 0 Å².